The van der Waals surface area contributed by atoms with Gasteiger partial charge in [0.2, 0.25) is 0 Å². The molecule has 4 nitrogen and oxygen atoms in total. The van der Waals surface area contributed by atoms with Crippen molar-refractivity contribution in [3.8, 4) is 23.0 Å². The van der Waals surface area contributed by atoms with Crippen molar-refractivity contribution in [2.45, 2.75) is 0 Å². The van der Waals surface area contributed by atoms with Crippen LogP contribution in [0.5, 0.6) is 23.0 Å². The summed E-state index contributed by atoms with van der Waals surface area (Å²) in [4.78, 5) is 0. The Hall–Kier alpha value is -4.57. The van der Waals surface area contributed by atoms with Crippen molar-refractivity contribution in [2.24, 2.45) is 0 Å². The van der Waals surface area contributed by atoms with E-state index in [2.05, 4.69) is 0 Å². The fourth-order valence-electron chi connectivity index (χ4n) is 3.62. The summed E-state index contributed by atoms with van der Waals surface area (Å²) in [6, 6.07) is 46.5. The highest BCUT2D eigenvalue weighted by molar-refractivity contribution is 6.64. The Bertz CT molecular complexity index is 1130. The van der Waals surface area contributed by atoms with Crippen LogP contribution in [-0.2, 0) is 0 Å². The van der Waals surface area contributed by atoms with Crippen LogP contribution in [0.15, 0.2) is 146 Å². The second-order valence-corrected chi connectivity index (χ2v) is 8.05. The predicted molar refractivity (Wildman–Crippen MR) is 145 cm³/mol. The van der Waals surface area contributed by atoms with Gasteiger partial charge < -0.3 is 18.6 Å². The van der Waals surface area contributed by atoms with Crippen LogP contribution in [-0.4, -0.2) is 14.2 Å². The first kappa shape index (κ1) is 23.2. The first-order valence-corrected chi connectivity index (χ1v) is 11.8. The lowest BCUT2D eigenvalue weighted by Crippen LogP contribution is -2.46. The highest BCUT2D eigenvalue weighted by Gasteiger charge is 2.30. The van der Waals surface area contributed by atoms with Crippen LogP contribution in [0.1, 0.15) is 0 Å². The van der Waals surface area contributed by atoms with Crippen LogP contribution in [0.25, 0.3) is 0 Å². The van der Waals surface area contributed by atoms with Crippen molar-refractivity contribution in [3.05, 3.63) is 146 Å². The van der Waals surface area contributed by atoms with Crippen molar-refractivity contribution in [2.75, 3.05) is 0 Å². The predicted octanol–water partition coefficient (Wildman–Crippen LogP) is 5.39. The smallest absolute Gasteiger partial charge is 0.522 e. The maximum absolute atomic E-state index is 6.21. The monoisotopic (exact) mass is 470 g/mol. The second-order valence-electron chi connectivity index (χ2n) is 8.05. The average molecular weight is 470 g/mol. The molecule has 0 heterocycles. The number of hydrogen-bond acceptors (Lipinski definition) is 4. The normalized spacial score (nSPS) is 10.2. The minimum Gasteiger partial charge on any atom is -0.522 e. The molecule has 0 aliphatic rings. The number of benzene rings is 5. The number of hydrogen-bond donors (Lipinski definition) is 0. The fraction of sp³-hybridized carbons (Fsp3) is 0. The van der Waals surface area contributed by atoms with E-state index in [0.29, 0.717) is 0 Å². The summed E-state index contributed by atoms with van der Waals surface area (Å²) in [7, 11) is -1.26. The summed E-state index contributed by atoms with van der Waals surface area (Å²) in [6.07, 6.45) is 0. The molecule has 0 aliphatic heterocycles. The van der Waals surface area contributed by atoms with E-state index in [4.69, 9.17) is 18.6 Å². The molecule has 174 valence electrons. The van der Waals surface area contributed by atoms with Gasteiger partial charge in [0.25, 0.3) is 0 Å². The number of rotatable bonds is 10. The summed E-state index contributed by atoms with van der Waals surface area (Å²) < 4.78 is 24.8. The lowest BCUT2D eigenvalue weighted by atomic mass is 9.73. The zero-order valence-corrected chi connectivity index (χ0v) is 19.6. The average Bonchev–Trinajstić information content (AvgIpc) is 2.95. The van der Waals surface area contributed by atoms with E-state index < -0.39 is 14.2 Å². The van der Waals surface area contributed by atoms with Gasteiger partial charge in [-0.15, -0.1) is 0 Å². The highest BCUT2D eigenvalue weighted by Crippen LogP contribution is 2.16. The number of para-hydroxylation sites is 4. The Kier molecular flexibility index (Phi) is 7.55. The Morgan fingerprint density at radius 1 is 0.278 bits per heavy atom. The molecule has 0 atom stereocenters. The van der Waals surface area contributed by atoms with Crippen LogP contribution in [0.4, 0.5) is 0 Å². The third kappa shape index (κ3) is 6.30. The van der Waals surface area contributed by atoms with Crippen molar-refractivity contribution in [3.63, 3.8) is 0 Å². The Morgan fingerprint density at radius 3 is 0.722 bits per heavy atom. The molecule has 0 saturated carbocycles. The van der Waals surface area contributed by atoms with Gasteiger partial charge in [0.05, 0.1) is 0 Å². The Labute approximate surface area is 212 Å². The first-order valence-electron chi connectivity index (χ1n) is 11.8. The molecule has 5 aromatic rings. The third-order valence-corrected chi connectivity index (χ3v) is 5.43. The van der Waals surface area contributed by atoms with Gasteiger partial charge in [0.1, 0.15) is 23.0 Å². The van der Waals surface area contributed by atoms with E-state index in [1.165, 1.54) is 0 Å². The van der Waals surface area contributed by atoms with E-state index in [0.717, 1.165) is 33.9 Å². The van der Waals surface area contributed by atoms with Gasteiger partial charge in [-0.2, -0.15) is 0 Å². The summed E-state index contributed by atoms with van der Waals surface area (Å²) in [6.45, 7) is 0. The first-order chi connectivity index (χ1) is 17.8. The third-order valence-electron chi connectivity index (χ3n) is 5.43. The molecular weight excluding hydrogens is 446 g/mol. The zero-order valence-electron chi connectivity index (χ0n) is 19.6. The minimum atomic E-state index is -0.632. The molecule has 5 rings (SSSR count). The van der Waals surface area contributed by atoms with Crippen LogP contribution in [0, 0.1) is 0 Å². The van der Waals surface area contributed by atoms with Crippen LogP contribution < -0.4 is 29.5 Å². The molecule has 0 aliphatic carbocycles. The minimum absolute atomic E-state index is 0.632. The molecule has 5 aromatic carbocycles. The van der Waals surface area contributed by atoms with Crippen molar-refractivity contribution in [1.82, 2.24) is 0 Å². The lowest BCUT2D eigenvalue weighted by Gasteiger charge is -2.19. The van der Waals surface area contributed by atoms with E-state index in [9.17, 15) is 0 Å². The van der Waals surface area contributed by atoms with Gasteiger partial charge in [-0.05, 0) is 48.5 Å². The van der Waals surface area contributed by atoms with Crippen LogP contribution in [0.3, 0.4) is 0 Å². The van der Waals surface area contributed by atoms with Crippen LogP contribution in [0.2, 0.25) is 0 Å². The van der Waals surface area contributed by atoms with Gasteiger partial charge in [-0.1, -0.05) is 97.1 Å². The molecule has 0 fully saturated rings. The fourth-order valence-corrected chi connectivity index (χ4v) is 3.62. The largest absolute Gasteiger partial charge is 0.632 e. The zero-order chi connectivity index (χ0) is 24.4. The van der Waals surface area contributed by atoms with E-state index in [-0.39, 0.29) is 0 Å². The van der Waals surface area contributed by atoms with Gasteiger partial charge in [0.15, 0.2) is 0 Å². The molecule has 0 unspecified atom stereocenters. The van der Waals surface area contributed by atoms with E-state index in [1.54, 1.807) is 0 Å². The van der Waals surface area contributed by atoms with Gasteiger partial charge in [-0.25, -0.2) is 0 Å². The SMILES string of the molecule is c1ccc(OB(Oc2ccccc2)c2ccc(B(Oc3ccccc3)Oc3ccccc3)cc2)cc1. The molecule has 36 heavy (non-hydrogen) atoms. The molecule has 0 N–H and O–H groups in total. The quantitative estimate of drug-likeness (QED) is 0.257. The molecule has 0 radical (unpaired) electrons. The van der Waals surface area contributed by atoms with Crippen LogP contribution >= 0.6 is 0 Å². The van der Waals surface area contributed by atoms with E-state index in [1.807, 2.05) is 146 Å². The van der Waals surface area contributed by atoms with Crippen molar-refractivity contribution in [1.29, 1.82) is 0 Å². The van der Waals surface area contributed by atoms with Crippen molar-refractivity contribution >= 4 is 25.2 Å². The Balaban J connectivity index is 1.41. The summed E-state index contributed by atoms with van der Waals surface area (Å²) in [5.74, 6) is 2.89. The lowest BCUT2D eigenvalue weighted by molar-refractivity contribution is 0.437. The summed E-state index contributed by atoms with van der Waals surface area (Å²) in [5, 5.41) is 0. The maximum Gasteiger partial charge on any atom is 0.632 e. The topological polar surface area (TPSA) is 36.9 Å². The molecule has 6 heteroatoms. The molecule has 0 saturated heterocycles. The second kappa shape index (κ2) is 11.7. The molecular formula is C30H24B2O4. The standard InChI is InChI=1S/C30H24B2O4/c1-5-13-27(14-6-1)33-31(34-28-15-7-2-8-16-28)25-21-23-26(24-22-25)32(35-29-17-9-3-10-18-29)36-30-19-11-4-12-20-30/h1-24H. The maximum atomic E-state index is 6.21. The molecule has 0 aromatic heterocycles. The van der Waals surface area contributed by atoms with Gasteiger partial charge in [0, 0.05) is 10.9 Å². The Morgan fingerprint density at radius 2 is 0.500 bits per heavy atom. The van der Waals surface area contributed by atoms with E-state index >= 15 is 0 Å². The summed E-state index contributed by atoms with van der Waals surface area (Å²) in [5.41, 5.74) is 1.73. The molecule has 0 bridgehead atoms. The molecule has 0 spiro atoms. The van der Waals surface area contributed by atoms with Gasteiger partial charge >= 0.3 is 14.2 Å². The highest BCUT2D eigenvalue weighted by atomic mass is 16.6. The molecule has 0 amide bonds. The summed E-state index contributed by atoms with van der Waals surface area (Å²) >= 11 is 0. The van der Waals surface area contributed by atoms with Crippen molar-refractivity contribution < 1.29 is 18.6 Å². The van der Waals surface area contributed by atoms with Gasteiger partial charge in [-0.3, -0.25) is 0 Å².